The Bertz CT molecular complexity index is 422. The van der Waals surface area contributed by atoms with Gasteiger partial charge in [-0.05, 0) is 37.9 Å². The quantitative estimate of drug-likeness (QED) is 0.739. The third kappa shape index (κ3) is 4.80. The lowest BCUT2D eigenvalue weighted by Crippen LogP contribution is -2.29. The van der Waals surface area contributed by atoms with Crippen molar-refractivity contribution in [2.75, 3.05) is 25.0 Å². The van der Waals surface area contributed by atoms with E-state index in [1.54, 1.807) is 0 Å². The third-order valence-corrected chi connectivity index (χ3v) is 3.25. The molecule has 0 spiro atoms. The topological polar surface area (TPSA) is 57.1 Å². The van der Waals surface area contributed by atoms with Crippen LogP contribution in [0.15, 0.2) is 24.3 Å². The molecule has 2 rings (SSSR count). The molecule has 1 saturated heterocycles. The summed E-state index contributed by atoms with van der Waals surface area (Å²) in [6, 6.07) is 10.7. The molecule has 0 saturated carbocycles. The fraction of sp³-hybridized carbons (Fsp3) is 0.533. The number of nitrogens with zero attached hydrogens (tertiary/aromatic N) is 1. The summed E-state index contributed by atoms with van der Waals surface area (Å²) in [6.45, 7) is 2.69. The molecule has 0 radical (unpaired) electrons. The van der Waals surface area contributed by atoms with Gasteiger partial charge >= 0.3 is 0 Å². The highest BCUT2D eigenvalue weighted by Gasteiger charge is 2.13. The van der Waals surface area contributed by atoms with Crippen LogP contribution < -0.4 is 15.4 Å². The summed E-state index contributed by atoms with van der Waals surface area (Å²) in [5.41, 5.74) is 1.09. The molecular weight excluding hydrogens is 238 g/mol. The first kappa shape index (κ1) is 13.7. The van der Waals surface area contributed by atoms with Crippen LogP contribution in [0.1, 0.15) is 25.7 Å². The average molecular weight is 259 g/mol. The molecule has 0 bridgehead atoms. The standard InChI is InChI=1S/C15H21N3O/c16-8-1-2-10-19-15-7-3-5-13(11-15)18-12-14-6-4-9-17-14/h3,5,7,11,14,17-18H,1-2,4,6,9-10,12H2. The van der Waals surface area contributed by atoms with Crippen molar-refractivity contribution in [1.29, 1.82) is 5.26 Å². The molecule has 1 aromatic carbocycles. The van der Waals surface area contributed by atoms with Crippen molar-refractivity contribution in [1.82, 2.24) is 5.32 Å². The first-order valence-corrected chi connectivity index (χ1v) is 6.95. The Balaban J connectivity index is 1.76. The third-order valence-electron chi connectivity index (χ3n) is 3.25. The van der Waals surface area contributed by atoms with Gasteiger partial charge in [0.1, 0.15) is 5.75 Å². The summed E-state index contributed by atoms with van der Waals surface area (Å²) >= 11 is 0. The predicted molar refractivity (Wildman–Crippen MR) is 76.3 cm³/mol. The Kier molecular flexibility index (Phi) is 5.51. The van der Waals surface area contributed by atoms with Crippen LogP contribution in [-0.2, 0) is 0 Å². The second kappa shape index (κ2) is 7.65. The lowest BCUT2D eigenvalue weighted by atomic mass is 10.2. The van der Waals surface area contributed by atoms with Gasteiger partial charge in [0.2, 0.25) is 0 Å². The van der Waals surface area contributed by atoms with Crippen molar-refractivity contribution in [2.45, 2.75) is 31.7 Å². The zero-order chi connectivity index (χ0) is 13.3. The number of nitrogens with one attached hydrogen (secondary N) is 2. The molecule has 1 unspecified atom stereocenters. The molecule has 102 valence electrons. The number of unbranched alkanes of at least 4 members (excludes halogenated alkanes) is 1. The van der Waals surface area contributed by atoms with E-state index in [9.17, 15) is 0 Å². The highest BCUT2D eigenvalue weighted by Crippen LogP contribution is 2.18. The normalized spacial score (nSPS) is 17.9. The number of nitriles is 1. The number of rotatable bonds is 7. The molecular formula is C15H21N3O. The highest BCUT2D eigenvalue weighted by atomic mass is 16.5. The van der Waals surface area contributed by atoms with Gasteiger partial charge in [-0.2, -0.15) is 5.26 Å². The van der Waals surface area contributed by atoms with Crippen molar-refractivity contribution >= 4 is 5.69 Å². The van der Waals surface area contributed by atoms with Gasteiger partial charge in [0.05, 0.1) is 12.7 Å². The molecule has 0 aromatic heterocycles. The van der Waals surface area contributed by atoms with Gasteiger partial charge in [-0.1, -0.05) is 6.07 Å². The molecule has 1 aliphatic rings. The van der Waals surface area contributed by atoms with E-state index >= 15 is 0 Å². The Morgan fingerprint density at radius 3 is 3.21 bits per heavy atom. The summed E-state index contributed by atoms with van der Waals surface area (Å²) in [4.78, 5) is 0. The van der Waals surface area contributed by atoms with Crippen LogP contribution in [0, 0.1) is 11.3 Å². The molecule has 1 aromatic rings. The van der Waals surface area contributed by atoms with Crippen LogP contribution in [0.2, 0.25) is 0 Å². The number of benzene rings is 1. The lowest BCUT2D eigenvalue weighted by Gasteiger charge is -2.13. The van der Waals surface area contributed by atoms with Gasteiger partial charge in [-0.3, -0.25) is 0 Å². The van der Waals surface area contributed by atoms with Crippen LogP contribution in [0.5, 0.6) is 5.75 Å². The molecule has 19 heavy (non-hydrogen) atoms. The molecule has 4 nitrogen and oxygen atoms in total. The minimum Gasteiger partial charge on any atom is -0.493 e. The van der Waals surface area contributed by atoms with Gasteiger partial charge in [-0.15, -0.1) is 0 Å². The fourth-order valence-corrected chi connectivity index (χ4v) is 2.21. The summed E-state index contributed by atoms with van der Waals surface area (Å²) < 4.78 is 5.61. The SMILES string of the molecule is N#CCCCOc1cccc(NCC2CCCN2)c1. The zero-order valence-corrected chi connectivity index (χ0v) is 11.2. The maximum atomic E-state index is 8.46. The van der Waals surface area contributed by atoms with E-state index < -0.39 is 0 Å². The van der Waals surface area contributed by atoms with Gasteiger partial charge in [0, 0.05) is 30.8 Å². The van der Waals surface area contributed by atoms with Gasteiger partial charge in [-0.25, -0.2) is 0 Å². The van der Waals surface area contributed by atoms with Crippen LogP contribution in [0.3, 0.4) is 0 Å². The fourth-order valence-electron chi connectivity index (χ4n) is 2.21. The van der Waals surface area contributed by atoms with Crippen LogP contribution in [0.4, 0.5) is 5.69 Å². The summed E-state index contributed by atoms with van der Waals surface area (Å²) in [5.74, 6) is 0.863. The van der Waals surface area contributed by atoms with E-state index in [0.717, 1.165) is 30.9 Å². The van der Waals surface area contributed by atoms with E-state index in [2.05, 4.69) is 22.8 Å². The van der Waals surface area contributed by atoms with Crippen molar-refractivity contribution in [2.24, 2.45) is 0 Å². The Morgan fingerprint density at radius 2 is 2.42 bits per heavy atom. The molecule has 0 aliphatic carbocycles. The van der Waals surface area contributed by atoms with Gasteiger partial charge in [0.25, 0.3) is 0 Å². The highest BCUT2D eigenvalue weighted by molar-refractivity contribution is 5.48. The van der Waals surface area contributed by atoms with Gasteiger partial charge in [0.15, 0.2) is 0 Å². The Morgan fingerprint density at radius 1 is 1.47 bits per heavy atom. The molecule has 1 heterocycles. The van der Waals surface area contributed by atoms with E-state index in [-0.39, 0.29) is 0 Å². The summed E-state index contributed by atoms with van der Waals surface area (Å²) in [7, 11) is 0. The molecule has 1 fully saturated rings. The maximum absolute atomic E-state index is 8.46. The second-order valence-corrected chi connectivity index (χ2v) is 4.81. The predicted octanol–water partition coefficient (Wildman–Crippen LogP) is 2.53. The van der Waals surface area contributed by atoms with Crippen LogP contribution in [-0.4, -0.2) is 25.7 Å². The molecule has 1 aliphatic heterocycles. The Hall–Kier alpha value is -1.73. The smallest absolute Gasteiger partial charge is 0.121 e. The first-order valence-electron chi connectivity index (χ1n) is 6.95. The second-order valence-electron chi connectivity index (χ2n) is 4.81. The number of hydrogen-bond acceptors (Lipinski definition) is 4. The first-order chi connectivity index (χ1) is 9.38. The average Bonchev–Trinajstić information content (AvgIpc) is 2.95. The number of anilines is 1. The van der Waals surface area contributed by atoms with Crippen molar-refractivity contribution in [3.8, 4) is 11.8 Å². The van der Waals surface area contributed by atoms with Crippen molar-refractivity contribution < 1.29 is 4.74 Å². The van der Waals surface area contributed by atoms with Crippen LogP contribution in [0.25, 0.3) is 0 Å². The zero-order valence-electron chi connectivity index (χ0n) is 11.2. The number of ether oxygens (including phenoxy) is 1. The number of hydrogen-bond donors (Lipinski definition) is 2. The Labute approximate surface area is 114 Å². The van der Waals surface area contributed by atoms with Crippen molar-refractivity contribution in [3.63, 3.8) is 0 Å². The summed E-state index contributed by atoms with van der Waals surface area (Å²) in [5, 5.41) is 15.4. The minimum atomic E-state index is 0.547. The molecule has 2 N–H and O–H groups in total. The molecule has 0 amide bonds. The monoisotopic (exact) mass is 259 g/mol. The van der Waals surface area contributed by atoms with Crippen LogP contribution >= 0.6 is 0 Å². The van der Waals surface area contributed by atoms with E-state index in [1.165, 1.54) is 12.8 Å². The molecule has 1 atom stereocenters. The summed E-state index contributed by atoms with van der Waals surface area (Å²) in [6.07, 6.45) is 3.84. The molecule has 4 heteroatoms. The van der Waals surface area contributed by atoms with E-state index in [0.29, 0.717) is 19.1 Å². The maximum Gasteiger partial charge on any atom is 0.121 e. The largest absolute Gasteiger partial charge is 0.493 e. The van der Waals surface area contributed by atoms with Gasteiger partial charge < -0.3 is 15.4 Å². The van der Waals surface area contributed by atoms with E-state index in [4.69, 9.17) is 10.00 Å². The minimum absolute atomic E-state index is 0.547. The van der Waals surface area contributed by atoms with Crippen molar-refractivity contribution in [3.05, 3.63) is 24.3 Å². The van der Waals surface area contributed by atoms with E-state index in [1.807, 2.05) is 18.2 Å². The lowest BCUT2D eigenvalue weighted by molar-refractivity contribution is 0.313.